The number of hydrogen-bond acceptors (Lipinski definition) is 3. The van der Waals surface area contributed by atoms with Gasteiger partial charge in [-0.3, -0.25) is 9.59 Å². The Morgan fingerprint density at radius 3 is 2.44 bits per heavy atom. The van der Waals surface area contributed by atoms with Gasteiger partial charge in [-0.05, 0) is 51.2 Å². The maximum absolute atomic E-state index is 13.9. The molecule has 148 valence electrons. The minimum absolute atomic E-state index is 0.0580. The molecule has 2 atom stereocenters. The van der Waals surface area contributed by atoms with Crippen molar-refractivity contribution < 1.29 is 18.4 Å². The standard InChI is InChI=1S/C20H27F2N3O2/c1-13(23)18-4-2-3-9-25(18)19(26)14-7-10-24(11-8-14)20(27)16-6-5-15(21)12-17(16)22/h5-6,12-14,18H,2-4,7-11,23H2,1H3. The van der Waals surface area contributed by atoms with Crippen molar-refractivity contribution in [3.05, 3.63) is 35.4 Å². The number of rotatable bonds is 3. The second-order valence-electron chi connectivity index (χ2n) is 7.64. The van der Waals surface area contributed by atoms with E-state index in [1.165, 1.54) is 6.07 Å². The molecule has 2 heterocycles. The number of nitrogens with two attached hydrogens (primary N) is 1. The summed E-state index contributed by atoms with van der Waals surface area (Å²) in [5, 5.41) is 0. The van der Waals surface area contributed by atoms with Gasteiger partial charge in [-0.15, -0.1) is 0 Å². The molecule has 0 spiro atoms. The van der Waals surface area contributed by atoms with E-state index in [0.717, 1.165) is 31.9 Å². The highest BCUT2D eigenvalue weighted by Crippen LogP contribution is 2.26. The second-order valence-corrected chi connectivity index (χ2v) is 7.64. The predicted molar refractivity (Wildman–Crippen MR) is 98.0 cm³/mol. The Balaban J connectivity index is 1.61. The van der Waals surface area contributed by atoms with E-state index in [-0.39, 0.29) is 29.5 Å². The van der Waals surface area contributed by atoms with Crippen LogP contribution in [0.25, 0.3) is 0 Å². The molecule has 7 heteroatoms. The number of piperidine rings is 2. The SMILES string of the molecule is CC(N)C1CCCCN1C(=O)C1CCN(C(=O)c2ccc(F)cc2F)CC1. The number of carbonyl (C=O) groups is 2. The van der Waals surface area contributed by atoms with Crippen LogP contribution in [-0.4, -0.2) is 53.3 Å². The Labute approximate surface area is 158 Å². The molecule has 0 saturated carbocycles. The van der Waals surface area contributed by atoms with Gasteiger partial charge in [-0.1, -0.05) is 0 Å². The highest BCUT2D eigenvalue weighted by Gasteiger charge is 2.35. The Morgan fingerprint density at radius 1 is 1.11 bits per heavy atom. The van der Waals surface area contributed by atoms with Gasteiger partial charge in [0, 0.05) is 43.7 Å². The molecule has 0 radical (unpaired) electrons. The molecular formula is C20H27F2N3O2. The summed E-state index contributed by atoms with van der Waals surface area (Å²) in [4.78, 5) is 28.9. The van der Waals surface area contributed by atoms with Gasteiger partial charge in [-0.2, -0.15) is 0 Å². The van der Waals surface area contributed by atoms with E-state index in [1.807, 2.05) is 11.8 Å². The van der Waals surface area contributed by atoms with Crippen molar-refractivity contribution in [2.45, 2.75) is 51.1 Å². The number of likely N-dealkylation sites (tertiary alicyclic amines) is 2. The average molecular weight is 379 g/mol. The fourth-order valence-corrected chi connectivity index (χ4v) is 4.17. The zero-order valence-corrected chi connectivity index (χ0v) is 15.7. The van der Waals surface area contributed by atoms with E-state index in [1.54, 1.807) is 4.90 Å². The maximum Gasteiger partial charge on any atom is 0.256 e. The van der Waals surface area contributed by atoms with Crippen LogP contribution >= 0.6 is 0 Å². The molecule has 0 bridgehead atoms. The maximum atomic E-state index is 13.9. The second kappa shape index (κ2) is 8.33. The number of amides is 2. The molecule has 2 fully saturated rings. The molecular weight excluding hydrogens is 352 g/mol. The van der Waals surface area contributed by atoms with Gasteiger partial charge in [0.25, 0.3) is 5.91 Å². The normalized spacial score (nSPS) is 22.6. The van der Waals surface area contributed by atoms with Crippen molar-refractivity contribution >= 4 is 11.8 Å². The fraction of sp³-hybridized carbons (Fsp3) is 0.600. The highest BCUT2D eigenvalue weighted by atomic mass is 19.1. The van der Waals surface area contributed by atoms with Crippen LogP contribution in [0.3, 0.4) is 0 Å². The lowest BCUT2D eigenvalue weighted by Gasteiger charge is -2.41. The van der Waals surface area contributed by atoms with Crippen LogP contribution in [-0.2, 0) is 4.79 Å². The quantitative estimate of drug-likeness (QED) is 0.878. The Morgan fingerprint density at radius 2 is 1.81 bits per heavy atom. The third-order valence-electron chi connectivity index (χ3n) is 5.73. The van der Waals surface area contributed by atoms with Gasteiger partial charge in [0.1, 0.15) is 11.6 Å². The molecule has 2 unspecified atom stereocenters. The molecule has 2 aliphatic heterocycles. The van der Waals surface area contributed by atoms with Crippen molar-refractivity contribution in [2.75, 3.05) is 19.6 Å². The number of benzene rings is 1. The van der Waals surface area contributed by atoms with E-state index < -0.39 is 17.5 Å². The van der Waals surface area contributed by atoms with E-state index in [0.29, 0.717) is 32.0 Å². The van der Waals surface area contributed by atoms with Gasteiger partial charge in [-0.25, -0.2) is 8.78 Å². The summed E-state index contributed by atoms with van der Waals surface area (Å²) in [7, 11) is 0. The van der Waals surface area contributed by atoms with E-state index in [4.69, 9.17) is 5.73 Å². The molecule has 2 amide bonds. The van der Waals surface area contributed by atoms with E-state index >= 15 is 0 Å². The summed E-state index contributed by atoms with van der Waals surface area (Å²) in [5.74, 6) is -2.03. The van der Waals surface area contributed by atoms with Crippen molar-refractivity contribution in [1.82, 2.24) is 9.80 Å². The molecule has 2 saturated heterocycles. The number of nitrogens with zero attached hydrogens (tertiary/aromatic N) is 2. The van der Waals surface area contributed by atoms with Crippen LogP contribution in [0.5, 0.6) is 0 Å². The first-order valence-corrected chi connectivity index (χ1v) is 9.69. The lowest BCUT2D eigenvalue weighted by atomic mass is 9.90. The van der Waals surface area contributed by atoms with Crippen LogP contribution in [0.15, 0.2) is 18.2 Å². The summed E-state index contributed by atoms with van der Waals surface area (Å²) in [6.07, 6.45) is 4.12. The monoisotopic (exact) mass is 379 g/mol. The molecule has 5 nitrogen and oxygen atoms in total. The molecule has 0 aliphatic carbocycles. The molecule has 1 aromatic carbocycles. The number of hydrogen-bond donors (Lipinski definition) is 1. The largest absolute Gasteiger partial charge is 0.339 e. The minimum atomic E-state index is -0.855. The first kappa shape index (κ1) is 19.7. The smallest absolute Gasteiger partial charge is 0.256 e. The number of carbonyl (C=O) groups excluding carboxylic acids is 2. The highest BCUT2D eigenvalue weighted by molar-refractivity contribution is 5.94. The summed E-state index contributed by atoms with van der Waals surface area (Å²) in [6.45, 7) is 3.46. The third-order valence-corrected chi connectivity index (χ3v) is 5.73. The van der Waals surface area contributed by atoms with Crippen molar-refractivity contribution in [3.8, 4) is 0 Å². The van der Waals surface area contributed by atoms with Crippen LogP contribution in [0.4, 0.5) is 8.78 Å². The summed E-state index contributed by atoms with van der Waals surface area (Å²) >= 11 is 0. The van der Waals surface area contributed by atoms with Crippen molar-refractivity contribution in [3.63, 3.8) is 0 Å². The average Bonchev–Trinajstić information content (AvgIpc) is 2.67. The van der Waals surface area contributed by atoms with Crippen LogP contribution in [0, 0.1) is 17.6 Å². The number of halogens is 2. The molecule has 0 aromatic heterocycles. The minimum Gasteiger partial charge on any atom is -0.339 e. The van der Waals surface area contributed by atoms with E-state index in [2.05, 4.69) is 0 Å². The summed E-state index contributed by atoms with van der Waals surface area (Å²) in [6, 6.07) is 2.99. The summed E-state index contributed by atoms with van der Waals surface area (Å²) in [5.41, 5.74) is 5.94. The predicted octanol–water partition coefficient (Wildman–Crippen LogP) is 2.55. The first-order chi connectivity index (χ1) is 12.9. The van der Waals surface area contributed by atoms with Crippen LogP contribution in [0.1, 0.15) is 49.4 Å². The van der Waals surface area contributed by atoms with Crippen molar-refractivity contribution in [1.29, 1.82) is 0 Å². The topological polar surface area (TPSA) is 66.6 Å². The third kappa shape index (κ3) is 4.29. The van der Waals surface area contributed by atoms with Gasteiger partial charge >= 0.3 is 0 Å². The molecule has 1 aromatic rings. The lowest BCUT2D eigenvalue weighted by molar-refractivity contribution is -0.141. The zero-order valence-electron chi connectivity index (χ0n) is 15.7. The first-order valence-electron chi connectivity index (χ1n) is 9.69. The zero-order chi connectivity index (χ0) is 19.6. The van der Waals surface area contributed by atoms with Crippen LogP contribution < -0.4 is 5.73 Å². The fourth-order valence-electron chi connectivity index (χ4n) is 4.17. The van der Waals surface area contributed by atoms with Gasteiger partial charge < -0.3 is 15.5 Å². The van der Waals surface area contributed by atoms with Crippen LogP contribution in [0.2, 0.25) is 0 Å². The van der Waals surface area contributed by atoms with Crippen molar-refractivity contribution in [2.24, 2.45) is 11.7 Å². The summed E-state index contributed by atoms with van der Waals surface area (Å²) < 4.78 is 26.9. The molecule has 2 aliphatic rings. The van der Waals surface area contributed by atoms with Gasteiger partial charge in [0.2, 0.25) is 5.91 Å². The van der Waals surface area contributed by atoms with Gasteiger partial charge in [0.05, 0.1) is 5.56 Å². The van der Waals surface area contributed by atoms with E-state index in [9.17, 15) is 18.4 Å². The lowest BCUT2D eigenvalue weighted by Crippen LogP contribution is -2.54. The molecule has 27 heavy (non-hydrogen) atoms. The Bertz CT molecular complexity index is 702. The molecule has 3 rings (SSSR count). The Kier molecular flexibility index (Phi) is 6.09. The Hall–Kier alpha value is -2.02. The van der Waals surface area contributed by atoms with Gasteiger partial charge in [0.15, 0.2) is 0 Å². The molecule has 2 N–H and O–H groups in total.